The molecule has 0 bridgehead atoms. The Bertz CT molecular complexity index is 747. The third kappa shape index (κ3) is 8.40. The summed E-state index contributed by atoms with van der Waals surface area (Å²) in [5, 5.41) is 7.27. The van der Waals surface area contributed by atoms with Gasteiger partial charge in [0.2, 0.25) is 10.0 Å². The van der Waals surface area contributed by atoms with E-state index in [1.54, 1.807) is 7.05 Å². The Hall–Kier alpha value is -0.620. The zero-order valence-corrected chi connectivity index (χ0v) is 20.5. The first-order valence-electron chi connectivity index (χ1n) is 9.15. The number of likely N-dealkylation sites (tertiary alicyclic amines) is 1. The highest BCUT2D eigenvalue weighted by atomic mass is 127. The molecule has 160 valence electrons. The molecular weight excluding hydrogens is 513 g/mol. The van der Waals surface area contributed by atoms with Crippen LogP contribution in [0.4, 0.5) is 0 Å². The van der Waals surface area contributed by atoms with Gasteiger partial charge in [-0.05, 0) is 50.0 Å². The first-order chi connectivity index (χ1) is 12.8. The van der Waals surface area contributed by atoms with Gasteiger partial charge in [0.1, 0.15) is 0 Å². The average molecular weight is 544 g/mol. The molecular formula is C18H31ClIN5O2S. The second-order valence-electron chi connectivity index (χ2n) is 6.93. The van der Waals surface area contributed by atoms with Crippen LogP contribution in [0.1, 0.15) is 24.4 Å². The molecule has 1 aromatic rings. The lowest BCUT2D eigenvalue weighted by Gasteiger charge is -2.40. The summed E-state index contributed by atoms with van der Waals surface area (Å²) < 4.78 is 24.7. The number of hydrogen-bond donors (Lipinski definition) is 3. The van der Waals surface area contributed by atoms with Crippen molar-refractivity contribution in [2.24, 2.45) is 10.9 Å². The standard InChI is InChI=1S/C18H30ClN5O2S.HI/c1-20-18(21-9-10-23-27(3,25)26)22-13-15-7-5-11-24(2)17(15)14-6-4-8-16(19)12-14;/h4,6,8,12,15,17,23H,5,7,9-11,13H2,1-3H3,(H2,20,21,22);1H. The molecule has 0 radical (unpaired) electrons. The maximum Gasteiger partial charge on any atom is 0.208 e. The van der Waals surface area contributed by atoms with Crippen LogP contribution < -0.4 is 15.4 Å². The van der Waals surface area contributed by atoms with Crippen LogP contribution in [0.15, 0.2) is 29.3 Å². The van der Waals surface area contributed by atoms with Crippen molar-refractivity contribution in [1.29, 1.82) is 0 Å². The number of piperidine rings is 1. The van der Waals surface area contributed by atoms with E-state index in [0.29, 0.717) is 31.0 Å². The molecule has 2 unspecified atom stereocenters. The lowest BCUT2D eigenvalue weighted by atomic mass is 9.85. The van der Waals surface area contributed by atoms with E-state index < -0.39 is 10.0 Å². The van der Waals surface area contributed by atoms with Crippen LogP contribution >= 0.6 is 35.6 Å². The van der Waals surface area contributed by atoms with Crippen LogP contribution in [-0.4, -0.2) is 65.8 Å². The molecule has 0 aromatic heterocycles. The Kier molecular flexibility index (Phi) is 11.0. The normalized spacial score (nSPS) is 21.1. The highest BCUT2D eigenvalue weighted by Crippen LogP contribution is 2.35. The Balaban J connectivity index is 0.00000392. The smallest absolute Gasteiger partial charge is 0.208 e. The lowest BCUT2D eigenvalue weighted by Crippen LogP contribution is -2.46. The van der Waals surface area contributed by atoms with Crippen molar-refractivity contribution >= 4 is 51.6 Å². The number of rotatable bonds is 7. The summed E-state index contributed by atoms with van der Waals surface area (Å²) in [5.74, 6) is 1.10. The molecule has 0 amide bonds. The number of hydrogen-bond acceptors (Lipinski definition) is 4. The molecule has 7 nitrogen and oxygen atoms in total. The van der Waals surface area contributed by atoms with Gasteiger partial charge in [0, 0.05) is 37.7 Å². The van der Waals surface area contributed by atoms with E-state index in [0.717, 1.165) is 37.2 Å². The first-order valence-corrected chi connectivity index (χ1v) is 11.4. The highest BCUT2D eigenvalue weighted by Gasteiger charge is 2.30. The highest BCUT2D eigenvalue weighted by molar-refractivity contribution is 14.0. The van der Waals surface area contributed by atoms with E-state index in [-0.39, 0.29) is 24.0 Å². The van der Waals surface area contributed by atoms with Crippen molar-refractivity contribution in [2.45, 2.75) is 18.9 Å². The fourth-order valence-corrected chi connectivity index (χ4v) is 4.23. The molecule has 1 heterocycles. The van der Waals surface area contributed by atoms with Crippen molar-refractivity contribution in [3.8, 4) is 0 Å². The monoisotopic (exact) mass is 543 g/mol. The molecule has 28 heavy (non-hydrogen) atoms. The SMILES string of the molecule is CN=C(NCCNS(C)(=O)=O)NCC1CCCN(C)C1c1cccc(Cl)c1.I. The number of nitrogens with zero attached hydrogens (tertiary/aromatic N) is 2. The molecule has 1 saturated heterocycles. The molecule has 0 spiro atoms. The largest absolute Gasteiger partial charge is 0.356 e. The molecule has 1 aliphatic heterocycles. The molecule has 1 fully saturated rings. The Labute approximate surface area is 190 Å². The zero-order chi connectivity index (χ0) is 19.9. The Morgan fingerprint density at radius 3 is 2.71 bits per heavy atom. The lowest BCUT2D eigenvalue weighted by molar-refractivity contribution is 0.122. The van der Waals surface area contributed by atoms with Gasteiger partial charge in [0.15, 0.2) is 5.96 Å². The molecule has 2 rings (SSSR count). The minimum Gasteiger partial charge on any atom is -0.356 e. The Morgan fingerprint density at radius 2 is 2.07 bits per heavy atom. The van der Waals surface area contributed by atoms with Gasteiger partial charge in [-0.1, -0.05) is 23.7 Å². The Morgan fingerprint density at radius 1 is 1.32 bits per heavy atom. The van der Waals surface area contributed by atoms with Crippen LogP contribution in [0.25, 0.3) is 0 Å². The third-order valence-electron chi connectivity index (χ3n) is 4.73. The van der Waals surface area contributed by atoms with Crippen LogP contribution in [0.5, 0.6) is 0 Å². The summed E-state index contributed by atoms with van der Waals surface area (Å²) in [6, 6.07) is 8.38. The maximum absolute atomic E-state index is 11.1. The number of aliphatic imine (C=N–C) groups is 1. The van der Waals surface area contributed by atoms with E-state index in [4.69, 9.17) is 11.6 Å². The summed E-state index contributed by atoms with van der Waals surface area (Å²) in [6.45, 7) is 2.63. The van der Waals surface area contributed by atoms with E-state index in [1.807, 2.05) is 18.2 Å². The zero-order valence-electron chi connectivity index (χ0n) is 16.6. The molecule has 1 aliphatic rings. The number of guanidine groups is 1. The fourth-order valence-electron chi connectivity index (χ4n) is 3.56. The van der Waals surface area contributed by atoms with Crippen LogP contribution in [0, 0.1) is 5.92 Å². The van der Waals surface area contributed by atoms with Crippen LogP contribution in [-0.2, 0) is 10.0 Å². The van der Waals surface area contributed by atoms with Gasteiger partial charge in [-0.25, -0.2) is 13.1 Å². The van der Waals surface area contributed by atoms with E-state index in [1.165, 1.54) is 5.56 Å². The molecule has 1 aromatic carbocycles. The summed E-state index contributed by atoms with van der Waals surface area (Å²) in [6.07, 6.45) is 3.43. The van der Waals surface area contributed by atoms with E-state index in [9.17, 15) is 8.42 Å². The van der Waals surface area contributed by atoms with Gasteiger partial charge in [0.25, 0.3) is 0 Å². The number of benzene rings is 1. The number of sulfonamides is 1. The van der Waals surface area contributed by atoms with Crippen LogP contribution in [0.3, 0.4) is 0 Å². The minimum atomic E-state index is -3.17. The number of halogens is 2. The molecule has 0 aliphatic carbocycles. The summed E-state index contributed by atoms with van der Waals surface area (Å²) >= 11 is 6.20. The van der Waals surface area contributed by atoms with Gasteiger partial charge in [-0.15, -0.1) is 24.0 Å². The van der Waals surface area contributed by atoms with E-state index >= 15 is 0 Å². The van der Waals surface area contributed by atoms with Crippen molar-refractivity contribution in [2.75, 3.05) is 46.5 Å². The van der Waals surface area contributed by atoms with Crippen molar-refractivity contribution in [3.63, 3.8) is 0 Å². The van der Waals surface area contributed by atoms with Crippen molar-refractivity contribution < 1.29 is 8.42 Å². The second-order valence-corrected chi connectivity index (χ2v) is 9.20. The maximum atomic E-state index is 11.1. The van der Waals surface area contributed by atoms with Gasteiger partial charge >= 0.3 is 0 Å². The summed E-state index contributed by atoms with van der Waals surface area (Å²) in [4.78, 5) is 6.60. The van der Waals surface area contributed by atoms with Crippen LogP contribution in [0.2, 0.25) is 5.02 Å². The predicted molar refractivity (Wildman–Crippen MR) is 127 cm³/mol. The van der Waals surface area contributed by atoms with Crippen molar-refractivity contribution in [3.05, 3.63) is 34.9 Å². The fraction of sp³-hybridized carbons (Fsp3) is 0.611. The molecule has 10 heteroatoms. The quantitative estimate of drug-likeness (QED) is 0.212. The van der Waals surface area contributed by atoms with Crippen molar-refractivity contribution in [1.82, 2.24) is 20.3 Å². The molecule has 0 saturated carbocycles. The summed E-state index contributed by atoms with van der Waals surface area (Å²) in [5.41, 5.74) is 1.23. The van der Waals surface area contributed by atoms with Gasteiger partial charge < -0.3 is 10.6 Å². The molecule has 2 atom stereocenters. The predicted octanol–water partition coefficient (Wildman–Crippen LogP) is 2.06. The number of nitrogens with one attached hydrogen (secondary N) is 3. The minimum absolute atomic E-state index is 0. The van der Waals surface area contributed by atoms with Gasteiger partial charge in [-0.3, -0.25) is 9.89 Å². The molecule has 3 N–H and O–H groups in total. The van der Waals surface area contributed by atoms with Gasteiger partial charge in [-0.2, -0.15) is 0 Å². The average Bonchev–Trinajstić information content (AvgIpc) is 2.60. The third-order valence-corrected chi connectivity index (χ3v) is 5.70. The van der Waals surface area contributed by atoms with E-state index in [2.05, 4.69) is 38.4 Å². The second kappa shape index (κ2) is 12.2. The summed E-state index contributed by atoms with van der Waals surface area (Å²) in [7, 11) is 0.691. The van der Waals surface area contributed by atoms with Gasteiger partial charge in [0.05, 0.1) is 6.26 Å². The topological polar surface area (TPSA) is 85.8 Å². The first kappa shape index (κ1) is 25.4.